The van der Waals surface area contributed by atoms with Crippen LogP contribution in [0.1, 0.15) is 24.7 Å². The second kappa shape index (κ2) is 12.2. The summed E-state index contributed by atoms with van der Waals surface area (Å²) >= 11 is 19.0. The number of amides is 1. The largest absolute Gasteiger partial charge is 0.482 e. The number of benzene rings is 3. The molecular weight excluding hydrogens is 647 g/mol. The molecule has 1 aromatic heterocycles. The predicted molar refractivity (Wildman–Crippen MR) is 155 cm³/mol. The minimum atomic E-state index is -0.363. The number of aryl methyl sites for hydroxylation is 1. The maximum atomic E-state index is 13.3. The monoisotopic (exact) mass is 664 g/mol. The predicted octanol–water partition coefficient (Wildman–Crippen LogP) is 7.08. The highest BCUT2D eigenvalue weighted by Gasteiger charge is 2.14. The summed E-state index contributed by atoms with van der Waals surface area (Å²) in [5.41, 5.74) is 1.37. The third-order valence-electron chi connectivity index (χ3n) is 5.17. The average molecular weight is 667 g/mol. The van der Waals surface area contributed by atoms with Crippen molar-refractivity contribution in [2.45, 2.75) is 19.8 Å². The first-order chi connectivity index (χ1) is 17.7. The number of nitrogens with zero attached hydrogens (tertiary/aromatic N) is 3. The summed E-state index contributed by atoms with van der Waals surface area (Å²) in [6.45, 7) is 1.73. The molecule has 0 aliphatic carbocycles. The molecule has 1 heterocycles. The fraction of sp³-hybridized carbons (Fsp3) is 0.154. The van der Waals surface area contributed by atoms with Crippen molar-refractivity contribution in [2.75, 3.05) is 11.9 Å². The zero-order valence-corrected chi connectivity index (χ0v) is 24.2. The molecule has 0 saturated heterocycles. The van der Waals surface area contributed by atoms with Gasteiger partial charge in [0, 0.05) is 32.2 Å². The van der Waals surface area contributed by atoms with Crippen LogP contribution in [0.25, 0.3) is 10.9 Å². The van der Waals surface area contributed by atoms with Crippen LogP contribution in [0.5, 0.6) is 5.75 Å². The van der Waals surface area contributed by atoms with Crippen molar-refractivity contribution in [1.82, 2.24) is 9.66 Å². The third kappa shape index (κ3) is 6.78. The molecule has 190 valence electrons. The summed E-state index contributed by atoms with van der Waals surface area (Å²) < 4.78 is 8.40. The first-order valence-corrected chi connectivity index (χ1v) is 13.5. The highest BCUT2D eigenvalue weighted by atomic mass is 79.9. The maximum absolute atomic E-state index is 13.3. The lowest BCUT2D eigenvalue weighted by atomic mass is 10.2. The molecule has 37 heavy (non-hydrogen) atoms. The van der Waals surface area contributed by atoms with E-state index in [1.54, 1.807) is 48.5 Å². The second-order valence-electron chi connectivity index (χ2n) is 7.95. The van der Waals surface area contributed by atoms with Crippen molar-refractivity contribution >= 4 is 83.8 Å². The molecule has 0 radical (unpaired) electrons. The molecule has 0 fully saturated rings. The quantitative estimate of drug-likeness (QED) is 0.204. The van der Waals surface area contributed by atoms with E-state index in [-0.39, 0.29) is 18.1 Å². The molecule has 4 rings (SSSR count). The van der Waals surface area contributed by atoms with E-state index < -0.39 is 0 Å². The molecule has 0 atom stereocenters. The molecule has 0 spiro atoms. The minimum Gasteiger partial charge on any atom is -0.482 e. The van der Waals surface area contributed by atoms with Crippen LogP contribution in [0.15, 0.2) is 73.4 Å². The molecule has 7 nitrogen and oxygen atoms in total. The SMILES string of the molecule is CCCc1nc2ccc(Br)cc2c(=O)n1N=Cc1cc(Cl)cc(Br)c1OCC(=O)Nc1ccc(Cl)cc1. The van der Waals surface area contributed by atoms with Crippen LogP contribution in [0.2, 0.25) is 10.0 Å². The van der Waals surface area contributed by atoms with Crippen molar-refractivity contribution in [3.63, 3.8) is 0 Å². The summed E-state index contributed by atoms with van der Waals surface area (Å²) in [6, 6.07) is 15.4. The number of carbonyl (C=O) groups excluding carboxylic acids is 1. The summed E-state index contributed by atoms with van der Waals surface area (Å²) in [6.07, 6.45) is 2.81. The average Bonchev–Trinajstić information content (AvgIpc) is 2.85. The number of rotatable bonds is 8. The molecule has 0 bridgehead atoms. The van der Waals surface area contributed by atoms with Gasteiger partial charge in [0.2, 0.25) is 0 Å². The third-order valence-corrected chi connectivity index (χ3v) is 6.73. The van der Waals surface area contributed by atoms with Crippen LogP contribution < -0.4 is 15.6 Å². The fourth-order valence-electron chi connectivity index (χ4n) is 3.52. The summed E-state index contributed by atoms with van der Waals surface area (Å²) in [7, 11) is 0. The van der Waals surface area contributed by atoms with E-state index in [0.717, 1.165) is 10.9 Å². The molecule has 1 N–H and O–H groups in total. The number of anilines is 1. The Morgan fingerprint density at radius 1 is 1.11 bits per heavy atom. The lowest BCUT2D eigenvalue weighted by Crippen LogP contribution is -2.22. The van der Waals surface area contributed by atoms with Crippen molar-refractivity contribution in [1.29, 1.82) is 0 Å². The molecule has 11 heteroatoms. The topological polar surface area (TPSA) is 85.6 Å². The number of halogens is 4. The Hall–Kier alpha value is -2.72. The first-order valence-electron chi connectivity index (χ1n) is 11.2. The van der Waals surface area contributed by atoms with E-state index in [9.17, 15) is 9.59 Å². The van der Waals surface area contributed by atoms with Gasteiger partial charge < -0.3 is 10.1 Å². The summed E-state index contributed by atoms with van der Waals surface area (Å²) in [5, 5.41) is 8.62. The second-order valence-corrected chi connectivity index (χ2v) is 10.6. The fourth-order valence-corrected chi connectivity index (χ4v) is 4.95. The van der Waals surface area contributed by atoms with Gasteiger partial charge in [-0.25, -0.2) is 4.98 Å². The number of ether oxygens (including phenoxy) is 1. The van der Waals surface area contributed by atoms with Crippen molar-refractivity contribution in [2.24, 2.45) is 5.10 Å². The van der Waals surface area contributed by atoms with Gasteiger partial charge >= 0.3 is 0 Å². The van der Waals surface area contributed by atoms with Crippen LogP contribution in [-0.2, 0) is 11.2 Å². The zero-order valence-electron chi connectivity index (χ0n) is 19.5. The molecule has 0 unspecified atom stereocenters. The number of nitrogens with one attached hydrogen (secondary N) is 1. The standard InChI is InChI=1S/C26H20Br2Cl2N4O3/c1-2-3-23-33-22-9-4-16(27)11-20(22)26(36)34(23)31-13-15-10-18(30)12-21(28)25(15)37-14-24(35)32-19-7-5-17(29)6-8-19/h4-13H,2-3,14H2,1H3,(H,32,35). The van der Waals surface area contributed by atoms with Gasteiger partial charge in [0.25, 0.3) is 11.5 Å². The number of hydrogen-bond acceptors (Lipinski definition) is 5. The smallest absolute Gasteiger partial charge is 0.282 e. The number of carbonyl (C=O) groups is 1. The van der Waals surface area contributed by atoms with Gasteiger partial charge in [-0.1, -0.05) is 46.1 Å². The maximum Gasteiger partial charge on any atom is 0.282 e. The number of fused-ring (bicyclic) bond motifs is 1. The van der Waals surface area contributed by atoms with Gasteiger partial charge in [-0.3, -0.25) is 9.59 Å². The lowest BCUT2D eigenvalue weighted by Gasteiger charge is -2.13. The van der Waals surface area contributed by atoms with Gasteiger partial charge in [0.1, 0.15) is 11.6 Å². The van der Waals surface area contributed by atoms with Gasteiger partial charge in [0.15, 0.2) is 6.61 Å². The summed E-state index contributed by atoms with van der Waals surface area (Å²) in [4.78, 5) is 30.4. The van der Waals surface area contributed by atoms with Crippen LogP contribution in [0, 0.1) is 0 Å². The molecule has 0 saturated carbocycles. The van der Waals surface area contributed by atoms with Gasteiger partial charge in [0.05, 0.1) is 21.6 Å². The summed E-state index contributed by atoms with van der Waals surface area (Å²) in [5.74, 6) is 0.517. The Labute approximate surface area is 239 Å². The van der Waals surface area contributed by atoms with Crippen LogP contribution in [0.3, 0.4) is 0 Å². The van der Waals surface area contributed by atoms with E-state index in [2.05, 4.69) is 47.3 Å². The Morgan fingerprint density at radius 3 is 2.59 bits per heavy atom. The van der Waals surface area contributed by atoms with E-state index in [4.69, 9.17) is 27.9 Å². The Bertz CT molecular complexity index is 1560. The zero-order chi connectivity index (χ0) is 26.5. The highest BCUT2D eigenvalue weighted by molar-refractivity contribution is 9.10. The molecule has 0 aliphatic rings. The van der Waals surface area contributed by atoms with Gasteiger partial charge in [-0.2, -0.15) is 9.78 Å². The van der Waals surface area contributed by atoms with E-state index in [0.29, 0.717) is 54.7 Å². The van der Waals surface area contributed by atoms with Gasteiger partial charge in [-0.15, -0.1) is 0 Å². The van der Waals surface area contributed by atoms with Crippen LogP contribution >= 0.6 is 55.1 Å². The molecule has 4 aromatic rings. The minimum absolute atomic E-state index is 0.268. The highest BCUT2D eigenvalue weighted by Crippen LogP contribution is 2.32. The van der Waals surface area contributed by atoms with E-state index in [1.165, 1.54) is 10.9 Å². The van der Waals surface area contributed by atoms with Gasteiger partial charge in [-0.05, 0) is 76.9 Å². The van der Waals surface area contributed by atoms with Crippen LogP contribution in [0.4, 0.5) is 5.69 Å². The Kier molecular flexibility index (Phi) is 9.02. The Morgan fingerprint density at radius 2 is 1.86 bits per heavy atom. The van der Waals surface area contributed by atoms with E-state index >= 15 is 0 Å². The van der Waals surface area contributed by atoms with Crippen LogP contribution in [-0.4, -0.2) is 28.4 Å². The van der Waals surface area contributed by atoms with Crippen molar-refractivity contribution < 1.29 is 9.53 Å². The van der Waals surface area contributed by atoms with Crippen molar-refractivity contribution in [3.05, 3.63) is 95.3 Å². The number of hydrogen-bond donors (Lipinski definition) is 1. The normalized spacial score (nSPS) is 11.3. The van der Waals surface area contributed by atoms with E-state index in [1.807, 2.05) is 13.0 Å². The molecule has 0 aliphatic heterocycles. The van der Waals surface area contributed by atoms with Crippen molar-refractivity contribution in [3.8, 4) is 5.75 Å². The molecule has 3 aromatic carbocycles. The lowest BCUT2D eigenvalue weighted by molar-refractivity contribution is -0.118. The number of aromatic nitrogens is 2. The Balaban J connectivity index is 1.64. The molecule has 1 amide bonds. The molecular formula is C26H20Br2Cl2N4O3. The first kappa shape index (κ1) is 27.3.